The molecule has 194 valence electrons. The van der Waals surface area contributed by atoms with Crippen LogP contribution in [0.4, 0.5) is 0 Å². The molecule has 4 heterocycles. The van der Waals surface area contributed by atoms with E-state index in [0.717, 1.165) is 41.8 Å². The van der Waals surface area contributed by atoms with Crippen molar-refractivity contribution in [2.24, 2.45) is 11.8 Å². The summed E-state index contributed by atoms with van der Waals surface area (Å²) in [5.41, 5.74) is 2.27. The summed E-state index contributed by atoms with van der Waals surface area (Å²) in [4.78, 5) is 36.6. The maximum atomic E-state index is 14.0. The molecule has 4 bridgehead atoms. The summed E-state index contributed by atoms with van der Waals surface area (Å²) in [6, 6.07) is 14.9. The Labute approximate surface area is 218 Å². The number of H-pyrrole nitrogens is 1. The minimum Gasteiger partial charge on any atom is -0.320 e. The van der Waals surface area contributed by atoms with E-state index >= 15 is 0 Å². The van der Waals surface area contributed by atoms with Crippen LogP contribution in [0.1, 0.15) is 83.1 Å². The normalized spacial score (nSPS) is 32.2. The minimum absolute atomic E-state index is 0.0826. The van der Waals surface area contributed by atoms with Gasteiger partial charge in [-0.2, -0.15) is 0 Å². The first-order valence-electron chi connectivity index (χ1n) is 14.6. The van der Waals surface area contributed by atoms with E-state index in [9.17, 15) is 9.59 Å². The Kier molecular flexibility index (Phi) is 6.03. The summed E-state index contributed by atoms with van der Waals surface area (Å²) in [5, 5.41) is 0. The lowest BCUT2D eigenvalue weighted by Gasteiger charge is -2.54. The molecule has 2 aromatic heterocycles. The molecule has 6 heteroatoms. The summed E-state index contributed by atoms with van der Waals surface area (Å²) in [6.45, 7) is 0. The predicted molar refractivity (Wildman–Crippen MR) is 147 cm³/mol. The lowest BCUT2D eigenvalue weighted by molar-refractivity contribution is -0.0420. The van der Waals surface area contributed by atoms with E-state index in [1.807, 2.05) is 28.8 Å². The first kappa shape index (κ1) is 23.4. The van der Waals surface area contributed by atoms with Crippen LogP contribution >= 0.6 is 0 Å². The first-order valence-corrected chi connectivity index (χ1v) is 14.6. The molecule has 3 aromatic rings. The fourth-order valence-electron chi connectivity index (χ4n) is 8.58. The van der Waals surface area contributed by atoms with Crippen LogP contribution in [-0.4, -0.2) is 37.6 Å². The summed E-state index contributed by atoms with van der Waals surface area (Å²) in [7, 11) is 0. The van der Waals surface area contributed by atoms with Crippen molar-refractivity contribution < 1.29 is 0 Å². The number of aromatic nitrogens is 3. The van der Waals surface area contributed by atoms with Crippen LogP contribution in [-0.2, 0) is 0 Å². The Balaban J connectivity index is 1.26. The van der Waals surface area contributed by atoms with Crippen LogP contribution in [0.2, 0.25) is 0 Å². The molecule has 0 radical (unpaired) electrons. The highest BCUT2D eigenvalue weighted by atomic mass is 16.1. The third-order valence-corrected chi connectivity index (χ3v) is 9.96. The van der Waals surface area contributed by atoms with Gasteiger partial charge in [-0.3, -0.25) is 14.5 Å². The second kappa shape index (κ2) is 9.54. The Morgan fingerprint density at radius 1 is 0.703 bits per heavy atom. The average molecular weight is 499 g/mol. The predicted octanol–water partition coefficient (Wildman–Crippen LogP) is 5.67. The SMILES string of the molecule is O=c1cccc(-c2nc3ccccc3n([C@@H]3C[C@H]4CCC[C@@H](C3)N4[C@@H]3C[C@@H]4CCCC[C@@H](C4)C3)c2=O)[nH]1. The highest BCUT2D eigenvalue weighted by molar-refractivity contribution is 5.77. The largest absolute Gasteiger partial charge is 0.320 e. The zero-order chi connectivity index (χ0) is 24.9. The monoisotopic (exact) mass is 498 g/mol. The molecule has 0 unspecified atom stereocenters. The number of pyridine rings is 1. The van der Waals surface area contributed by atoms with E-state index in [0.29, 0.717) is 23.5 Å². The molecule has 37 heavy (non-hydrogen) atoms. The molecule has 4 aliphatic rings. The Hall–Kier alpha value is -2.73. The number of hydrogen-bond donors (Lipinski definition) is 1. The molecule has 1 aromatic carbocycles. The van der Waals surface area contributed by atoms with Crippen LogP contribution in [0.5, 0.6) is 0 Å². The molecule has 2 aliphatic heterocycles. The first-order chi connectivity index (χ1) is 18.1. The number of nitrogens with zero attached hydrogens (tertiary/aromatic N) is 3. The molecule has 0 spiro atoms. The maximum absolute atomic E-state index is 14.0. The van der Waals surface area contributed by atoms with Gasteiger partial charge in [-0.15, -0.1) is 0 Å². The molecule has 7 rings (SSSR count). The molecular formula is C31H38N4O2. The van der Waals surface area contributed by atoms with Crippen molar-refractivity contribution in [2.45, 2.75) is 101 Å². The number of para-hydroxylation sites is 2. The van der Waals surface area contributed by atoms with Gasteiger partial charge in [-0.05, 0) is 75.0 Å². The van der Waals surface area contributed by atoms with Crippen LogP contribution in [0.3, 0.4) is 0 Å². The summed E-state index contributed by atoms with van der Waals surface area (Å²) in [5.74, 6) is 1.85. The van der Waals surface area contributed by atoms with Crippen molar-refractivity contribution in [1.82, 2.24) is 19.4 Å². The van der Waals surface area contributed by atoms with E-state index in [-0.39, 0.29) is 17.2 Å². The van der Waals surface area contributed by atoms with Crippen LogP contribution in [0, 0.1) is 11.8 Å². The second-order valence-corrected chi connectivity index (χ2v) is 12.2. The van der Waals surface area contributed by atoms with Gasteiger partial charge in [-0.25, -0.2) is 4.98 Å². The Morgan fingerprint density at radius 3 is 2.16 bits per heavy atom. The molecule has 2 saturated heterocycles. The van der Waals surface area contributed by atoms with Gasteiger partial charge in [0.05, 0.1) is 16.7 Å². The van der Waals surface area contributed by atoms with Crippen LogP contribution in [0.15, 0.2) is 52.1 Å². The van der Waals surface area contributed by atoms with Gasteiger partial charge in [-0.1, -0.05) is 50.3 Å². The molecule has 0 amide bonds. The van der Waals surface area contributed by atoms with Gasteiger partial charge in [0.2, 0.25) is 5.56 Å². The zero-order valence-electron chi connectivity index (χ0n) is 21.6. The van der Waals surface area contributed by atoms with E-state index in [1.165, 1.54) is 70.3 Å². The fraction of sp³-hybridized carbons (Fsp3) is 0.581. The summed E-state index contributed by atoms with van der Waals surface area (Å²) >= 11 is 0. The van der Waals surface area contributed by atoms with E-state index < -0.39 is 0 Å². The van der Waals surface area contributed by atoms with Crippen LogP contribution in [0.25, 0.3) is 22.4 Å². The molecule has 6 nitrogen and oxygen atoms in total. The summed E-state index contributed by atoms with van der Waals surface area (Å²) < 4.78 is 2.03. The molecule has 2 aliphatic carbocycles. The van der Waals surface area contributed by atoms with Crippen molar-refractivity contribution in [1.29, 1.82) is 0 Å². The number of rotatable bonds is 3. The topological polar surface area (TPSA) is 71.0 Å². The van der Waals surface area contributed by atoms with Gasteiger partial charge in [0.1, 0.15) is 0 Å². The minimum atomic E-state index is -0.214. The van der Waals surface area contributed by atoms with Gasteiger partial charge in [0, 0.05) is 30.2 Å². The van der Waals surface area contributed by atoms with E-state index in [4.69, 9.17) is 4.98 Å². The van der Waals surface area contributed by atoms with Crippen molar-refractivity contribution in [2.75, 3.05) is 0 Å². The molecule has 2 saturated carbocycles. The highest BCUT2D eigenvalue weighted by Gasteiger charge is 2.45. The number of aromatic amines is 1. The van der Waals surface area contributed by atoms with Crippen molar-refractivity contribution in [3.63, 3.8) is 0 Å². The van der Waals surface area contributed by atoms with E-state index in [1.54, 1.807) is 12.1 Å². The molecule has 1 N–H and O–H groups in total. The van der Waals surface area contributed by atoms with Crippen molar-refractivity contribution >= 4 is 11.0 Å². The summed E-state index contributed by atoms with van der Waals surface area (Å²) in [6.07, 6.45) is 15.8. The van der Waals surface area contributed by atoms with Gasteiger partial charge in [0.15, 0.2) is 5.69 Å². The van der Waals surface area contributed by atoms with E-state index in [2.05, 4.69) is 9.88 Å². The zero-order valence-corrected chi connectivity index (χ0v) is 21.6. The van der Waals surface area contributed by atoms with Gasteiger partial charge < -0.3 is 9.55 Å². The number of piperidine rings is 2. The quantitative estimate of drug-likeness (QED) is 0.505. The maximum Gasteiger partial charge on any atom is 0.279 e. The Bertz CT molecular complexity index is 1380. The van der Waals surface area contributed by atoms with Crippen molar-refractivity contribution in [3.05, 3.63) is 63.2 Å². The third kappa shape index (κ3) is 4.27. The number of hydrogen-bond acceptors (Lipinski definition) is 4. The molecular weight excluding hydrogens is 460 g/mol. The molecule has 4 fully saturated rings. The molecule has 6 atom stereocenters. The fourth-order valence-corrected chi connectivity index (χ4v) is 8.58. The standard InChI is InChI=1S/C31H38N4O2/c36-29-14-6-12-27(32-29)30-31(37)35(28-13-4-3-11-26(28)33-30)25-18-22-9-5-10-23(19-25)34(22)24-16-20-7-1-2-8-21(15-20)17-24/h3-4,6,11-14,20-25H,1-2,5,7-10,15-19H2,(H,32,36)/t20-,21+,22-,23+,24-,25-. The highest BCUT2D eigenvalue weighted by Crippen LogP contribution is 2.47. The smallest absolute Gasteiger partial charge is 0.279 e. The van der Waals surface area contributed by atoms with Gasteiger partial charge >= 0.3 is 0 Å². The lowest BCUT2D eigenvalue weighted by atomic mass is 9.73. The third-order valence-electron chi connectivity index (χ3n) is 9.96. The number of benzene rings is 1. The second-order valence-electron chi connectivity index (χ2n) is 12.2. The Morgan fingerprint density at radius 2 is 1.43 bits per heavy atom. The number of fused-ring (bicyclic) bond motifs is 5. The lowest BCUT2D eigenvalue weighted by Crippen LogP contribution is -2.58. The van der Waals surface area contributed by atoms with Crippen molar-refractivity contribution in [3.8, 4) is 11.4 Å². The average Bonchev–Trinajstić information content (AvgIpc) is 3.07. The number of nitrogens with one attached hydrogen (secondary N) is 1. The van der Waals surface area contributed by atoms with Gasteiger partial charge in [0.25, 0.3) is 5.56 Å². The van der Waals surface area contributed by atoms with Crippen LogP contribution < -0.4 is 11.1 Å².